The number of carbonyl (C=O) groups excluding carboxylic acids is 2. The van der Waals surface area contributed by atoms with Gasteiger partial charge in [0.15, 0.2) is 17.6 Å². The fourth-order valence-electron chi connectivity index (χ4n) is 5.31. The van der Waals surface area contributed by atoms with Crippen LogP contribution in [0.15, 0.2) is 121 Å². The first-order chi connectivity index (χ1) is 22.9. The minimum atomic E-state index is -0.930. The number of aromatic hydroxyl groups is 1. The number of allylic oxidation sites excluding steroid dienone is 1. The van der Waals surface area contributed by atoms with Crippen LogP contribution in [0.4, 0.5) is 21.9 Å². The second-order valence-corrected chi connectivity index (χ2v) is 10.8. The maximum atomic E-state index is 13.5. The van der Waals surface area contributed by atoms with Crippen molar-refractivity contribution < 1.29 is 33.6 Å². The summed E-state index contributed by atoms with van der Waals surface area (Å²) in [6.07, 6.45) is 1.59. The summed E-state index contributed by atoms with van der Waals surface area (Å²) in [6, 6.07) is 31.9. The maximum absolute atomic E-state index is 13.5. The molecule has 10 nitrogen and oxygen atoms in total. The zero-order chi connectivity index (χ0) is 32.6. The van der Waals surface area contributed by atoms with Crippen LogP contribution >= 0.6 is 0 Å². The van der Waals surface area contributed by atoms with E-state index in [4.69, 9.17) is 24.7 Å². The SMILES string of the molecule is Nc1ccccc1NC(=O)/C=C/CC[C@H](Oc1ccccc1)[C@@H](OC(=O)Nc1ccc2c(c1)OCO2)c1ccc(O)c2ccccc12. The number of nitrogens with two attached hydrogens (primary N) is 1. The molecule has 0 aliphatic carbocycles. The molecule has 5 N–H and O–H groups in total. The summed E-state index contributed by atoms with van der Waals surface area (Å²) in [6.45, 7) is 0.105. The fraction of sp³-hybridized carbons (Fsp3) is 0.135. The number of phenolic OH excluding ortho intramolecular Hbond substituents is 1. The van der Waals surface area contributed by atoms with E-state index in [1.165, 1.54) is 6.08 Å². The van der Waals surface area contributed by atoms with E-state index in [1.807, 2.05) is 48.5 Å². The Morgan fingerprint density at radius 1 is 0.851 bits per heavy atom. The summed E-state index contributed by atoms with van der Waals surface area (Å²) < 4.78 is 23.5. The van der Waals surface area contributed by atoms with Crippen molar-refractivity contribution in [2.75, 3.05) is 23.2 Å². The molecule has 2 atom stereocenters. The molecule has 1 heterocycles. The summed E-state index contributed by atoms with van der Waals surface area (Å²) >= 11 is 0. The Kier molecular flexibility index (Phi) is 9.38. The molecule has 1 aliphatic rings. The number of nitrogens with one attached hydrogen (secondary N) is 2. The van der Waals surface area contributed by atoms with Crippen molar-refractivity contribution in [2.24, 2.45) is 0 Å². The lowest BCUT2D eigenvalue weighted by Gasteiger charge is -2.29. The van der Waals surface area contributed by atoms with Crippen LogP contribution in [0.5, 0.6) is 23.0 Å². The zero-order valence-corrected chi connectivity index (χ0v) is 25.3. The number of phenols is 1. The summed E-state index contributed by atoms with van der Waals surface area (Å²) in [5, 5.41) is 17.5. The molecule has 0 bridgehead atoms. The average Bonchev–Trinajstić information content (AvgIpc) is 3.55. The van der Waals surface area contributed by atoms with Gasteiger partial charge in [0.1, 0.15) is 17.6 Å². The lowest BCUT2D eigenvalue weighted by Crippen LogP contribution is -2.31. The minimum absolute atomic E-state index is 0.0986. The number of anilines is 3. The fourth-order valence-corrected chi connectivity index (χ4v) is 5.31. The van der Waals surface area contributed by atoms with Crippen molar-refractivity contribution in [1.29, 1.82) is 0 Å². The number of rotatable bonds is 11. The van der Waals surface area contributed by atoms with Crippen molar-refractivity contribution in [2.45, 2.75) is 25.0 Å². The number of ether oxygens (including phenoxy) is 4. The van der Waals surface area contributed by atoms with Crippen molar-refractivity contribution in [1.82, 2.24) is 0 Å². The van der Waals surface area contributed by atoms with Crippen LogP contribution in [-0.2, 0) is 9.53 Å². The monoisotopic (exact) mass is 631 g/mol. The van der Waals surface area contributed by atoms with Crippen molar-refractivity contribution in [3.8, 4) is 23.0 Å². The highest BCUT2D eigenvalue weighted by Gasteiger charge is 2.31. The predicted molar refractivity (Wildman–Crippen MR) is 180 cm³/mol. The average molecular weight is 632 g/mol. The van der Waals surface area contributed by atoms with Gasteiger partial charge in [-0.25, -0.2) is 4.79 Å². The van der Waals surface area contributed by atoms with E-state index in [0.29, 0.717) is 63.5 Å². The molecule has 6 rings (SSSR count). The number of hydrogen-bond donors (Lipinski definition) is 4. The molecule has 5 aromatic rings. The van der Waals surface area contributed by atoms with Gasteiger partial charge < -0.3 is 35.1 Å². The Morgan fingerprint density at radius 2 is 1.60 bits per heavy atom. The van der Waals surface area contributed by atoms with Crippen LogP contribution in [-0.4, -0.2) is 30.0 Å². The molecule has 0 unspecified atom stereocenters. The molecule has 0 saturated heterocycles. The molecule has 0 spiro atoms. The summed E-state index contributed by atoms with van der Waals surface area (Å²) in [4.78, 5) is 26.1. The number of carbonyl (C=O) groups is 2. The maximum Gasteiger partial charge on any atom is 0.412 e. The molecule has 0 saturated carbocycles. The predicted octanol–water partition coefficient (Wildman–Crippen LogP) is 7.57. The number of amides is 2. The Bertz CT molecular complexity index is 1910. The van der Waals surface area contributed by atoms with E-state index in [9.17, 15) is 14.7 Å². The molecular formula is C37H33N3O7. The highest BCUT2D eigenvalue weighted by Crippen LogP contribution is 2.38. The molecule has 47 heavy (non-hydrogen) atoms. The molecule has 5 aromatic carbocycles. The first kappa shape index (κ1) is 30.8. The van der Waals surface area contributed by atoms with Crippen LogP contribution in [0.25, 0.3) is 10.8 Å². The van der Waals surface area contributed by atoms with Crippen molar-refractivity contribution in [3.05, 3.63) is 127 Å². The van der Waals surface area contributed by atoms with Crippen LogP contribution in [0, 0.1) is 0 Å². The third-order valence-electron chi connectivity index (χ3n) is 7.57. The highest BCUT2D eigenvalue weighted by atomic mass is 16.7. The smallest absolute Gasteiger partial charge is 0.412 e. The van der Waals surface area contributed by atoms with E-state index in [0.717, 1.165) is 0 Å². The van der Waals surface area contributed by atoms with Gasteiger partial charge in [0.25, 0.3) is 0 Å². The summed E-state index contributed by atoms with van der Waals surface area (Å²) in [5.41, 5.74) is 8.04. The second-order valence-electron chi connectivity index (χ2n) is 10.8. The van der Waals surface area contributed by atoms with Gasteiger partial charge in [0.05, 0.1) is 11.4 Å². The first-order valence-corrected chi connectivity index (χ1v) is 15.1. The Morgan fingerprint density at radius 3 is 2.43 bits per heavy atom. The van der Waals surface area contributed by atoms with Crippen molar-refractivity contribution in [3.63, 3.8) is 0 Å². The van der Waals surface area contributed by atoms with E-state index in [2.05, 4.69) is 10.6 Å². The normalized spacial score (nSPS) is 13.2. The van der Waals surface area contributed by atoms with Crippen LogP contribution < -0.4 is 30.6 Å². The standard InChI is InChI=1S/C37H33N3O7/c38-29-14-6-7-15-30(29)40-35(42)17-9-8-16-33(46-25-10-2-1-3-11-25)36(28-19-20-31(41)27-13-5-4-12-26(27)28)47-37(43)39-24-18-21-32-34(22-24)45-23-44-32/h1-7,9-15,17-22,33,36,41H,8,16,23,38H2,(H,39,43)(H,40,42)/b17-9+/t33-,36-/m0/s1. The topological polar surface area (TPSA) is 141 Å². The lowest BCUT2D eigenvalue weighted by atomic mass is 9.94. The van der Waals surface area contributed by atoms with E-state index < -0.39 is 18.3 Å². The van der Waals surface area contributed by atoms with Gasteiger partial charge in [0.2, 0.25) is 12.7 Å². The minimum Gasteiger partial charge on any atom is -0.507 e. The molecule has 0 fully saturated rings. The third kappa shape index (κ3) is 7.56. The van der Waals surface area contributed by atoms with E-state index in [-0.39, 0.29) is 18.4 Å². The first-order valence-electron chi connectivity index (χ1n) is 15.1. The van der Waals surface area contributed by atoms with Crippen LogP contribution in [0.3, 0.4) is 0 Å². The van der Waals surface area contributed by atoms with E-state index >= 15 is 0 Å². The second kappa shape index (κ2) is 14.3. The van der Waals surface area contributed by atoms with E-state index in [1.54, 1.807) is 66.7 Å². The van der Waals surface area contributed by atoms with Gasteiger partial charge in [-0.05, 0) is 66.8 Å². The number of nitrogen functional groups attached to an aromatic ring is 1. The molecule has 1 aliphatic heterocycles. The van der Waals surface area contributed by atoms with Gasteiger partial charge in [-0.2, -0.15) is 0 Å². The van der Waals surface area contributed by atoms with Crippen LogP contribution in [0.1, 0.15) is 24.5 Å². The summed E-state index contributed by atoms with van der Waals surface area (Å²) in [7, 11) is 0. The Labute approximate surface area is 271 Å². The number of fused-ring (bicyclic) bond motifs is 2. The Balaban J connectivity index is 1.28. The zero-order valence-electron chi connectivity index (χ0n) is 25.3. The quantitative estimate of drug-likeness (QED) is 0.0864. The summed E-state index contributed by atoms with van der Waals surface area (Å²) in [5.74, 6) is 1.44. The molecular weight excluding hydrogens is 598 g/mol. The molecule has 0 radical (unpaired) electrons. The molecule has 2 amide bonds. The third-order valence-corrected chi connectivity index (χ3v) is 7.57. The van der Waals surface area contributed by atoms with Gasteiger partial charge >= 0.3 is 6.09 Å². The van der Waals surface area contributed by atoms with Gasteiger partial charge in [-0.3, -0.25) is 10.1 Å². The number of benzene rings is 5. The Hall–Kier alpha value is -6.16. The van der Waals surface area contributed by atoms with Gasteiger partial charge in [-0.1, -0.05) is 66.7 Å². The molecule has 0 aromatic heterocycles. The highest BCUT2D eigenvalue weighted by molar-refractivity contribution is 6.01. The number of hydrogen-bond acceptors (Lipinski definition) is 8. The van der Waals surface area contributed by atoms with Gasteiger partial charge in [-0.15, -0.1) is 0 Å². The molecule has 238 valence electrons. The van der Waals surface area contributed by atoms with Gasteiger partial charge in [0, 0.05) is 22.7 Å². The number of para-hydroxylation sites is 3. The largest absolute Gasteiger partial charge is 0.507 e. The molecule has 10 heteroatoms. The van der Waals surface area contributed by atoms with Crippen molar-refractivity contribution >= 4 is 39.8 Å². The van der Waals surface area contributed by atoms with Crippen LogP contribution in [0.2, 0.25) is 0 Å². The lowest BCUT2D eigenvalue weighted by molar-refractivity contribution is -0.111.